The first-order chi connectivity index (χ1) is 29.6. The number of para-hydroxylation sites is 2. The summed E-state index contributed by atoms with van der Waals surface area (Å²) in [5.41, 5.74) is 4.87. The van der Waals surface area contributed by atoms with Crippen molar-refractivity contribution in [1.29, 1.82) is 0 Å². The minimum atomic E-state index is -0.849. The number of halogens is 1. The van der Waals surface area contributed by atoms with Crippen LogP contribution in [-0.4, -0.2) is 59.0 Å². The summed E-state index contributed by atoms with van der Waals surface area (Å²) in [6, 6.07) is 16.3. The Morgan fingerprint density at radius 1 is 0.810 bits per heavy atom. The fourth-order valence-corrected chi connectivity index (χ4v) is 9.31. The quantitative estimate of drug-likeness (QED) is 0.102. The SMILES string of the molecule is CCC(CC)(CNC(=O)OC(C)(C)C)C(=O)OC[n+]1ccn(CC2CCc3c(c4ccccc4n3C)C2=O)c1C.Cc1nccn1CC1CCc2c(c3ccccc3n2C)C1=O.Cl. The number of alkyl carbamates (subject to hydrolysis) is 1. The fraction of sp³-hybridized carbons (Fsp3) is 0.469. The second-order valence-corrected chi connectivity index (χ2v) is 18.0. The molecule has 2 atom stereocenters. The average Bonchev–Trinajstić information content (AvgIpc) is 3.99. The van der Waals surface area contributed by atoms with Crippen molar-refractivity contribution in [2.45, 2.75) is 112 Å². The highest BCUT2D eigenvalue weighted by Crippen LogP contribution is 2.36. The number of nitrogens with zero attached hydrogens (tertiary/aromatic N) is 6. The molecule has 0 aliphatic heterocycles. The number of ether oxygens (including phenoxy) is 2. The van der Waals surface area contributed by atoms with Crippen molar-refractivity contribution >= 4 is 57.8 Å². The monoisotopic (exact) mass is 880 g/mol. The van der Waals surface area contributed by atoms with E-state index < -0.39 is 17.1 Å². The summed E-state index contributed by atoms with van der Waals surface area (Å²) >= 11 is 0. The zero-order chi connectivity index (χ0) is 44.5. The van der Waals surface area contributed by atoms with E-state index in [1.54, 1.807) is 27.0 Å². The Morgan fingerprint density at radius 2 is 1.33 bits per heavy atom. The lowest BCUT2D eigenvalue weighted by atomic mass is 9.82. The molecule has 4 aromatic heterocycles. The Hall–Kier alpha value is -5.69. The van der Waals surface area contributed by atoms with E-state index in [9.17, 15) is 19.2 Å². The van der Waals surface area contributed by atoms with E-state index in [1.807, 2.05) is 88.2 Å². The third-order valence-corrected chi connectivity index (χ3v) is 13.3. The van der Waals surface area contributed by atoms with E-state index in [4.69, 9.17) is 9.47 Å². The summed E-state index contributed by atoms with van der Waals surface area (Å²) in [6.07, 6.45) is 11.6. The second kappa shape index (κ2) is 19.0. The highest BCUT2D eigenvalue weighted by molar-refractivity contribution is 6.12. The molecule has 1 N–H and O–H groups in total. The molecule has 13 nitrogen and oxygen atoms in total. The molecule has 2 aromatic carbocycles. The largest absolute Gasteiger partial charge is 0.444 e. The van der Waals surface area contributed by atoms with Crippen molar-refractivity contribution in [1.82, 2.24) is 28.6 Å². The topological polar surface area (TPSA) is 135 Å². The van der Waals surface area contributed by atoms with Gasteiger partial charge in [-0.3, -0.25) is 14.4 Å². The standard InChI is InChI=1S/C31H42N4O5.C18H19N3O.ClH/c1-8-31(9-2,19-32-29(38)40-30(4,5)6)28(37)39-20-35-17-16-34(21(35)3)18-22-14-15-25-26(27(22)36)23-12-10-11-13-24(23)33(25)7;1-12-19-9-10-21(12)11-13-7-8-16-17(18(13)22)14-5-3-4-6-15(14)20(16)2;/h10-13,16-17,22H,8-9,14-15,18-20H2,1-7H3;3-6,9-10,13H,7-8,11H2,1-2H3;1H/p+1. The van der Waals surface area contributed by atoms with Gasteiger partial charge in [-0.1, -0.05) is 50.2 Å². The van der Waals surface area contributed by atoms with Gasteiger partial charge in [0, 0.05) is 96.7 Å². The number of esters is 1. The van der Waals surface area contributed by atoms with Gasteiger partial charge in [-0.2, -0.15) is 4.57 Å². The number of aryl methyl sites for hydroxylation is 3. The van der Waals surface area contributed by atoms with Crippen LogP contribution in [0.1, 0.15) is 104 Å². The van der Waals surface area contributed by atoms with Crippen molar-refractivity contribution in [2.75, 3.05) is 6.54 Å². The van der Waals surface area contributed by atoms with Gasteiger partial charge in [0.15, 0.2) is 11.6 Å². The minimum Gasteiger partial charge on any atom is -0.444 e. The second-order valence-electron chi connectivity index (χ2n) is 18.0. The molecule has 2 aliphatic carbocycles. The maximum absolute atomic E-state index is 13.6. The number of aromatic nitrogens is 6. The highest BCUT2D eigenvalue weighted by Gasteiger charge is 2.39. The Morgan fingerprint density at radius 3 is 1.83 bits per heavy atom. The number of fused-ring (bicyclic) bond motifs is 6. The summed E-state index contributed by atoms with van der Waals surface area (Å²) in [6.45, 7) is 14.7. The van der Waals surface area contributed by atoms with Crippen molar-refractivity contribution in [3.63, 3.8) is 0 Å². The lowest BCUT2D eigenvalue weighted by Gasteiger charge is -2.29. The number of amides is 1. The first-order valence-electron chi connectivity index (χ1n) is 21.9. The molecule has 0 saturated carbocycles. The Bertz CT molecular complexity index is 2640. The summed E-state index contributed by atoms with van der Waals surface area (Å²) in [7, 11) is 4.10. The van der Waals surface area contributed by atoms with Gasteiger partial charge in [0.2, 0.25) is 6.73 Å². The van der Waals surface area contributed by atoms with E-state index in [0.717, 1.165) is 82.5 Å². The molecule has 0 fully saturated rings. The molecule has 0 saturated heterocycles. The minimum absolute atomic E-state index is 0. The van der Waals surface area contributed by atoms with Crippen LogP contribution in [-0.2, 0) is 61.0 Å². The zero-order valence-electron chi connectivity index (χ0n) is 38.2. The lowest BCUT2D eigenvalue weighted by Crippen LogP contribution is -2.47. The molecule has 1 amide bonds. The number of carbonyl (C=O) groups excluding carboxylic acids is 4. The number of benzene rings is 2. The maximum atomic E-state index is 13.6. The fourth-order valence-electron chi connectivity index (χ4n) is 9.31. The molecule has 0 radical (unpaired) electrons. The molecule has 336 valence electrons. The molecule has 2 aliphatic rings. The number of Topliss-reactive ketones (excluding diaryl/α,β-unsaturated/α-hetero) is 2. The Kier molecular flexibility index (Phi) is 14.1. The van der Waals surface area contributed by atoms with Crippen molar-refractivity contribution < 1.29 is 33.2 Å². The predicted octanol–water partition coefficient (Wildman–Crippen LogP) is 8.40. The van der Waals surface area contributed by atoms with E-state index in [0.29, 0.717) is 19.4 Å². The van der Waals surface area contributed by atoms with E-state index in [2.05, 4.69) is 53.8 Å². The number of ketones is 2. The van der Waals surface area contributed by atoms with Crippen LogP contribution in [0.2, 0.25) is 0 Å². The normalized spacial score (nSPS) is 16.2. The van der Waals surface area contributed by atoms with Crippen molar-refractivity contribution in [2.24, 2.45) is 31.3 Å². The van der Waals surface area contributed by atoms with Crippen molar-refractivity contribution in [3.8, 4) is 0 Å². The van der Waals surface area contributed by atoms with Crippen LogP contribution in [0.3, 0.4) is 0 Å². The van der Waals surface area contributed by atoms with Gasteiger partial charge in [-0.15, -0.1) is 12.4 Å². The predicted molar refractivity (Wildman–Crippen MR) is 245 cm³/mol. The smallest absolute Gasteiger partial charge is 0.407 e. The first-order valence-corrected chi connectivity index (χ1v) is 21.9. The summed E-state index contributed by atoms with van der Waals surface area (Å²) in [5, 5.41) is 4.86. The summed E-state index contributed by atoms with van der Waals surface area (Å²) in [5.74, 6) is 1.91. The van der Waals surface area contributed by atoms with Crippen LogP contribution in [0.5, 0.6) is 0 Å². The average molecular weight is 882 g/mol. The number of hydrogen-bond acceptors (Lipinski definition) is 7. The molecular weight excluding hydrogens is 818 g/mol. The summed E-state index contributed by atoms with van der Waals surface area (Å²) < 4.78 is 21.4. The van der Waals surface area contributed by atoms with Gasteiger partial charge in [0.05, 0.1) is 11.3 Å². The number of hydrogen-bond donors (Lipinski definition) is 1. The van der Waals surface area contributed by atoms with Crippen LogP contribution >= 0.6 is 12.4 Å². The van der Waals surface area contributed by atoms with Gasteiger partial charge in [0.25, 0.3) is 5.82 Å². The van der Waals surface area contributed by atoms with Gasteiger partial charge in [-0.25, -0.2) is 14.3 Å². The third-order valence-electron chi connectivity index (χ3n) is 13.3. The molecule has 2 unspecified atom stereocenters. The maximum Gasteiger partial charge on any atom is 0.407 e. The zero-order valence-corrected chi connectivity index (χ0v) is 39.0. The highest BCUT2D eigenvalue weighted by atomic mass is 35.5. The molecule has 8 rings (SSSR count). The van der Waals surface area contributed by atoms with Gasteiger partial charge >= 0.3 is 12.1 Å². The number of imidazole rings is 2. The van der Waals surface area contributed by atoms with E-state index in [-0.39, 0.29) is 55.1 Å². The number of carbonyl (C=O) groups is 4. The van der Waals surface area contributed by atoms with Gasteiger partial charge in [-0.05, 0) is 78.4 Å². The molecule has 14 heteroatoms. The molecule has 4 heterocycles. The summed E-state index contributed by atoms with van der Waals surface area (Å²) in [4.78, 5) is 56.3. The number of rotatable bonds is 11. The van der Waals surface area contributed by atoms with Crippen LogP contribution in [0.25, 0.3) is 21.8 Å². The molecule has 0 spiro atoms. The van der Waals surface area contributed by atoms with E-state index >= 15 is 0 Å². The molecule has 63 heavy (non-hydrogen) atoms. The number of nitrogens with one attached hydrogen (secondary N) is 1. The Balaban J connectivity index is 0.000000241. The third kappa shape index (κ3) is 9.35. The first kappa shape index (κ1) is 46.8. The van der Waals surface area contributed by atoms with Crippen LogP contribution in [0.15, 0.2) is 73.3 Å². The van der Waals surface area contributed by atoms with Gasteiger partial charge < -0.3 is 28.5 Å². The van der Waals surface area contributed by atoms with Crippen LogP contribution < -0.4 is 9.88 Å². The molecule has 0 bridgehead atoms. The van der Waals surface area contributed by atoms with E-state index in [1.165, 1.54) is 5.69 Å². The molecule has 6 aromatic rings. The van der Waals surface area contributed by atoms with Crippen LogP contribution in [0, 0.1) is 31.1 Å². The lowest BCUT2D eigenvalue weighted by molar-refractivity contribution is -0.732. The molecular formula is C49H63ClN7O6+. The Labute approximate surface area is 376 Å². The van der Waals surface area contributed by atoms with Gasteiger partial charge in [0.1, 0.15) is 30.4 Å². The van der Waals surface area contributed by atoms with Crippen molar-refractivity contribution in [3.05, 3.63) is 107 Å². The van der Waals surface area contributed by atoms with Crippen LogP contribution in [0.4, 0.5) is 4.79 Å².